The molecule has 1 aromatic rings. The van der Waals surface area contributed by atoms with Crippen LogP contribution in [0.2, 0.25) is 0 Å². The second kappa shape index (κ2) is 2.98. The van der Waals surface area contributed by atoms with E-state index in [0.29, 0.717) is 0 Å². The maximum absolute atomic E-state index is 5.68. The normalized spacial score (nSPS) is 10.3. The van der Waals surface area contributed by atoms with E-state index in [1.165, 1.54) is 0 Å². The van der Waals surface area contributed by atoms with Crippen molar-refractivity contribution in [2.24, 2.45) is 0 Å². The molecule has 4 radical (unpaired) electrons. The quantitative estimate of drug-likeness (QED) is 0.615. The van der Waals surface area contributed by atoms with Crippen molar-refractivity contribution in [2.45, 2.75) is 13.8 Å². The molecule has 0 saturated heterocycles. The molecule has 0 unspecified atom stereocenters. The lowest BCUT2D eigenvalue weighted by atomic mass is 10.0. The lowest BCUT2D eigenvalue weighted by Crippen LogP contribution is -1.90. The summed E-state index contributed by atoms with van der Waals surface area (Å²) in [6, 6.07) is 1.79. The monoisotopic (exact) mass is 208 g/mol. The van der Waals surface area contributed by atoms with Gasteiger partial charge in [0.25, 0.3) is 0 Å². The molecule has 0 heterocycles. The van der Waals surface area contributed by atoms with Crippen molar-refractivity contribution in [1.29, 1.82) is 0 Å². The molecular formula is C10H9Br. The summed E-state index contributed by atoms with van der Waals surface area (Å²) < 4.78 is 1.01. The van der Waals surface area contributed by atoms with Gasteiger partial charge < -0.3 is 0 Å². The lowest BCUT2D eigenvalue weighted by Gasteiger charge is -2.08. The maximum Gasteiger partial charge on any atom is 0.0239 e. The van der Waals surface area contributed by atoms with Crippen molar-refractivity contribution in [1.82, 2.24) is 0 Å². The van der Waals surface area contributed by atoms with Gasteiger partial charge >= 0.3 is 0 Å². The van der Waals surface area contributed by atoms with Crippen LogP contribution in [0.4, 0.5) is 0 Å². The fraction of sp³-hybridized carbons (Fsp3) is 0.200. The van der Waals surface area contributed by atoms with Crippen molar-refractivity contribution in [3.05, 3.63) is 46.6 Å². The average molecular weight is 209 g/mol. The Morgan fingerprint density at radius 3 is 1.82 bits per heavy atom. The molecule has 0 atom stereocenters. The van der Waals surface area contributed by atoms with Gasteiger partial charge in [0, 0.05) is 4.47 Å². The van der Waals surface area contributed by atoms with Crippen LogP contribution >= 0.6 is 15.9 Å². The van der Waals surface area contributed by atoms with Gasteiger partial charge in [-0.15, -0.1) is 0 Å². The third-order valence-corrected chi connectivity index (χ3v) is 3.03. The van der Waals surface area contributed by atoms with E-state index >= 15 is 0 Å². The van der Waals surface area contributed by atoms with Crippen molar-refractivity contribution in [2.75, 3.05) is 0 Å². The largest absolute Gasteiger partial charge is 0.0546 e. The highest BCUT2D eigenvalue weighted by Crippen LogP contribution is 2.26. The standard InChI is InChI=1S/C10H9Br/c1-6-5-7(2)9(4)10(11)8(6)3/h1-2,5H,3-4H3. The minimum absolute atomic E-state index is 0.736. The van der Waals surface area contributed by atoms with Gasteiger partial charge in [0.2, 0.25) is 0 Å². The van der Waals surface area contributed by atoms with Gasteiger partial charge in [-0.25, -0.2) is 0 Å². The Hall–Kier alpha value is -0.300. The molecule has 0 aliphatic heterocycles. The van der Waals surface area contributed by atoms with E-state index in [2.05, 4.69) is 15.9 Å². The Bertz CT molecular complexity index is 261. The van der Waals surface area contributed by atoms with Gasteiger partial charge in [-0.2, -0.15) is 0 Å². The third kappa shape index (κ3) is 1.48. The first-order valence-electron chi connectivity index (χ1n) is 3.34. The molecule has 0 aliphatic carbocycles. The summed E-state index contributed by atoms with van der Waals surface area (Å²) in [5, 5.41) is 0. The Balaban J connectivity index is 3.46. The minimum Gasteiger partial charge on any atom is -0.0546 e. The van der Waals surface area contributed by atoms with Crippen LogP contribution in [-0.2, 0) is 0 Å². The zero-order valence-electron chi connectivity index (χ0n) is 6.61. The first-order valence-corrected chi connectivity index (χ1v) is 4.14. The molecular weight excluding hydrogens is 200 g/mol. The van der Waals surface area contributed by atoms with Crippen LogP contribution < -0.4 is 0 Å². The molecule has 1 rings (SSSR count). The van der Waals surface area contributed by atoms with E-state index in [4.69, 9.17) is 13.8 Å². The number of rotatable bonds is 0. The fourth-order valence-corrected chi connectivity index (χ4v) is 1.38. The Morgan fingerprint density at radius 2 is 1.45 bits per heavy atom. The SMILES string of the molecule is [CH]c1cc([CH])c(C)c(Br)c1C. The summed E-state index contributed by atoms with van der Waals surface area (Å²) in [6.07, 6.45) is 0. The van der Waals surface area contributed by atoms with Crippen LogP contribution in [-0.4, -0.2) is 0 Å². The lowest BCUT2D eigenvalue weighted by molar-refractivity contribution is 1.28. The fourth-order valence-electron chi connectivity index (χ4n) is 0.919. The molecule has 56 valence electrons. The molecule has 1 aromatic carbocycles. The van der Waals surface area contributed by atoms with Crippen molar-refractivity contribution in [3.63, 3.8) is 0 Å². The Labute approximate surface area is 76.8 Å². The van der Waals surface area contributed by atoms with E-state index in [1.807, 2.05) is 13.8 Å². The van der Waals surface area contributed by atoms with Crippen molar-refractivity contribution >= 4 is 15.9 Å². The van der Waals surface area contributed by atoms with Gasteiger partial charge in [0.15, 0.2) is 0 Å². The van der Waals surface area contributed by atoms with Gasteiger partial charge in [0.1, 0.15) is 0 Å². The van der Waals surface area contributed by atoms with E-state index in [0.717, 1.165) is 26.7 Å². The highest BCUT2D eigenvalue weighted by Gasteiger charge is 2.04. The van der Waals surface area contributed by atoms with Gasteiger partial charge in [-0.1, -0.05) is 22.0 Å². The number of benzene rings is 1. The topological polar surface area (TPSA) is 0 Å². The summed E-state index contributed by atoms with van der Waals surface area (Å²) >= 11 is 3.42. The molecule has 0 aliphatic rings. The van der Waals surface area contributed by atoms with E-state index < -0.39 is 0 Å². The van der Waals surface area contributed by atoms with Crippen LogP contribution in [0, 0.1) is 27.7 Å². The second-order valence-corrected chi connectivity index (χ2v) is 3.41. The van der Waals surface area contributed by atoms with Gasteiger partial charge in [0.05, 0.1) is 0 Å². The van der Waals surface area contributed by atoms with Crippen LogP contribution in [0.1, 0.15) is 22.3 Å². The minimum atomic E-state index is 0.736. The highest BCUT2D eigenvalue weighted by molar-refractivity contribution is 9.10. The third-order valence-electron chi connectivity index (χ3n) is 1.84. The Kier molecular flexibility index (Phi) is 2.38. The molecule has 0 saturated carbocycles. The molecule has 0 aromatic heterocycles. The summed E-state index contributed by atoms with van der Waals surface area (Å²) in [5.41, 5.74) is 3.58. The molecule has 0 N–H and O–H groups in total. The predicted octanol–water partition coefficient (Wildman–Crippen LogP) is 3.18. The van der Waals surface area contributed by atoms with E-state index in [-0.39, 0.29) is 0 Å². The van der Waals surface area contributed by atoms with Crippen molar-refractivity contribution < 1.29 is 0 Å². The molecule has 0 nitrogen and oxygen atoms in total. The van der Waals surface area contributed by atoms with Crippen LogP contribution in [0.5, 0.6) is 0 Å². The van der Waals surface area contributed by atoms with Crippen LogP contribution in [0.25, 0.3) is 0 Å². The summed E-state index contributed by atoms with van der Waals surface area (Å²) in [7, 11) is 0. The Morgan fingerprint density at radius 1 is 1.09 bits per heavy atom. The van der Waals surface area contributed by atoms with E-state index in [9.17, 15) is 0 Å². The summed E-state index contributed by atoms with van der Waals surface area (Å²) in [4.78, 5) is 0. The van der Waals surface area contributed by atoms with Gasteiger partial charge in [-0.05, 0) is 49.9 Å². The predicted molar refractivity (Wildman–Crippen MR) is 50.4 cm³/mol. The van der Waals surface area contributed by atoms with Crippen LogP contribution in [0.15, 0.2) is 10.5 Å². The molecule has 0 fully saturated rings. The summed E-state index contributed by atoms with van der Waals surface area (Å²) in [5.74, 6) is 0. The molecule has 0 amide bonds. The van der Waals surface area contributed by atoms with Gasteiger partial charge in [-0.3, -0.25) is 0 Å². The molecule has 0 bridgehead atoms. The number of hydrogen-bond donors (Lipinski definition) is 0. The van der Waals surface area contributed by atoms with Crippen molar-refractivity contribution in [3.8, 4) is 0 Å². The smallest absolute Gasteiger partial charge is 0.0239 e. The summed E-state index contributed by atoms with van der Waals surface area (Å²) in [6.45, 7) is 15.3. The number of hydrogen-bond acceptors (Lipinski definition) is 0. The first-order chi connectivity index (χ1) is 5.04. The van der Waals surface area contributed by atoms with E-state index in [1.54, 1.807) is 6.07 Å². The molecule has 1 heteroatoms. The molecule has 11 heavy (non-hydrogen) atoms. The zero-order chi connectivity index (χ0) is 8.59. The van der Waals surface area contributed by atoms with Crippen LogP contribution in [0.3, 0.4) is 0 Å². The first kappa shape index (κ1) is 8.79. The number of halogens is 1. The maximum atomic E-state index is 5.68. The average Bonchev–Trinajstić information content (AvgIpc) is 1.97. The molecule has 0 spiro atoms. The zero-order valence-corrected chi connectivity index (χ0v) is 8.20. The second-order valence-electron chi connectivity index (χ2n) is 2.62. The highest BCUT2D eigenvalue weighted by atomic mass is 79.9.